The van der Waals surface area contributed by atoms with Gasteiger partial charge in [0, 0.05) is 58.3 Å². The Hall–Kier alpha value is -4.18. The molecule has 2 saturated heterocycles. The van der Waals surface area contributed by atoms with Gasteiger partial charge in [0.25, 0.3) is 0 Å². The lowest BCUT2D eigenvalue weighted by Crippen LogP contribution is -2.47. The van der Waals surface area contributed by atoms with Crippen LogP contribution in [0.15, 0.2) is 60.9 Å². The lowest BCUT2D eigenvalue weighted by Gasteiger charge is -2.34. The quantitative estimate of drug-likeness (QED) is 0.121. The zero-order chi connectivity index (χ0) is 35.3. The van der Waals surface area contributed by atoms with E-state index in [1.165, 1.54) is 0 Å². The van der Waals surface area contributed by atoms with Crippen molar-refractivity contribution >= 4 is 52.4 Å². The Morgan fingerprint density at radius 3 is 2.56 bits per heavy atom. The van der Waals surface area contributed by atoms with Gasteiger partial charge in [-0.3, -0.25) is 4.72 Å². The zero-order valence-corrected chi connectivity index (χ0v) is 30.8. The lowest BCUT2D eigenvalue weighted by atomic mass is 10.0. The van der Waals surface area contributed by atoms with Gasteiger partial charge in [0.1, 0.15) is 24.5 Å². The fourth-order valence-corrected chi connectivity index (χ4v) is 8.42. The lowest BCUT2D eigenvalue weighted by molar-refractivity contribution is 0.0909. The van der Waals surface area contributed by atoms with Crippen LogP contribution in [-0.2, 0) is 32.0 Å². The Labute approximate surface area is 294 Å². The second kappa shape index (κ2) is 15.4. The molecule has 13 nitrogen and oxygen atoms in total. The maximum atomic E-state index is 13.3. The second-order valence-electron chi connectivity index (χ2n) is 14.2. The minimum absolute atomic E-state index is 0.165. The van der Waals surface area contributed by atoms with E-state index in [9.17, 15) is 13.2 Å². The second-order valence-corrected chi connectivity index (χ2v) is 21.5. The number of amides is 1. The Morgan fingerprint density at radius 1 is 1.04 bits per heavy atom. The van der Waals surface area contributed by atoms with Crippen LogP contribution in [0, 0.1) is 0 Å². The Balaban J connectivity index is 1.19. The van der Waals surface area contributed by atoms with Crippen molar-refractivity contribution in [2.45, 2.75) is 57.1 Å². The molecule has 2 aliphatic heterocycles. The number of fused-ring (bicyclic) bond motifs is 1. The van der Waals surface area contributed by atoms with Gasteiger partial charge in [0.15, 0.2) is 0 Å². The van der Waals surface area contributed by atoms with Crippen molar-refractivity contribution in [2.24, 2.45) is 0 Å². The summed E-state index contributed by atoms with van der Waals surface area (Å²) in [7, 11) is -5.00. The van der Waals surface area contributed by atoms with Crippen molar-refractivity contribution in [3.05, 3.63) is 66.5 Å². The fraction of sp³-hybridized carbons (Fsp3) is 0.457. The number of nitrogens with one attached hydrogen (secondary N) is 2. The molecule has 0 saturated carbocycles. The average Bonchev–Trinajstić information content (AvgIpc) is 3.45. The smallest absolute Gasteiger partial charge is 0.404 e. The van der Waals surface area contributed by atoms with Crippen molar-refractivity contribution < 1.29 is 27.8 Å². The maximum absolute atomic E-state index is 13.3. The number of hydrogen-bond donors (Lipinski definition) is 3. The van der Waals surface area contributed by atoms with Gasteiger partial charge in [-0.15, -0.1) is 0 Å². The van der Waals surface area contributed by atoms with Crippen molar-refractivity contribution in [1.29, 1.82) is 0 Å². The van der Waals surface area contributed by atoms with Gasteiger partial charge in [-0.25, -0.2) is 23.2 Å². The van der Waals surface area contributed by atoms with Gasteiger partial charge in [-0.05, 0) is 60.3 Å². The van der Waals surface area contributed by atoms with Gasteiger partial charge in [-0.1, -0.05) is 43.9 Å². The van der Waals surface area contributed by atoms with Crippen molar-refractivity contribution in [3.8, 4) is 11.3 Å². The van der Waals surface area contributed by atoms with Crippen LogP contribution in [0.5, 0.6) is 0 Å². The van der Waals surface area contributed by atoms with E-state index in [1.807, 2.05) is 30.3 Å². The molecule has 15 heteroatoms. The highest BCUT2D eigenvalue weighted by atomic mass is 32.2. The third-order valence-electron chi connectivity index (χ3n) is 9.03. The number of benzene rings is 2. The molecule has 4 aromatic rings. The largest absolute Gasteiger partial charge is 0.465 e. The van der Waals surface area contributed by atoms with E-state index in [2.05, 4.69) is 60.1 Å². The Morgan fingerprint density at radius 2 is 1.82 bits per heavy atom. The minimum Gasteiger partial charge on any atom is -0.465 e. The average molecular weight is 722 g/mol. The first-order valence-corrected chi connectivity index (χ1v) is 22.5. The molecule has 2 fully saturated rings. The van der Waals surface area contributed by atoms with Gasteiger partial charge >= 0.3 is 6.09 Å². The van der Waals surface area contributed by atoms with Crippen LogP contribution in [0.4, 0.5) is 22.0 Å². The van der Waals surface area contributed by atoms with Crippen LogP contribution >= 0.6 is 0 Å². The first kappa shape index (κ1) is 35.6. The summed E-state index contributed by atoms with van der Waals surface area (Å²) in [6.45, 7) is 12.1. The summed E-state index contributed by atoms with van der Waals surface area (Å²) in [6, 6.07) is 17.8. The number of sulfonamides is 1. The van der Waals surface area contributed by atoms with Gasteiger partial charge < -0.3 is 34.3 Å². The van der Waals surface area contributed by atoms with Crippen LogP contribution in [0.25, 0.3) is 22.3 Å². The number of aromatic nitrogens is 3. The van der Waals surface area contributed by atoms with Gasteiger partial charge in [0.05, 0.1) is 30.0 Å². The molecule has 2 aromatic carbocycles. The van der Waals surface area contributed by atoms with E-state index in [0.29, 0.717) is 44.3 Å². The van der Waals surface area contributed by atoms with Gasteiger partial charge in [-0.2, -0.15) is 0 Å². The number of carboxylic acid groups (broad SMARTS) is 1. The van der Waals surface area contributed by atoms with E-state index in [0.717, 1.165) is 72.3 Å². The molecule has 1 amide bonds. The molecule has 2 aromatic heterocycles. The molecule has 4 heterocycles. The summed E-state index contributed by atoms with van der Waals surface area (Å²) in [5.41, 5.74) is 4.59. The number of ether oxygens (including phenoxy) is 2. The molecule has 268 valence electrons. The maximum Gasteiger partial charge on any atom is 0.404 e. The predicted molar refractivity (Wildman–Crippen MR) is 199 cm³/mol. The number of nitrogens with zero attached hydrogens (tertiary/aromatic N) is 5. The summed E-state index contributed by atoms with van der Waals surface area (Å²) < 4.78 is 43.2. The SMILES string of the molecule is C[Si](C)(C)CCOCn1c(-c2ccc(NS(=O)(=O)Cc3cccc(N4CCCC(NC(=O)O)C4)c3)cc2)cc2c(N3CCOCC3)ncnc21. The molecule has 1 atom stereocenters. The molecular formula is C35H47N7O6SSi. The molecular weight excluding hydrogens is 675 g/mol. The standard InChI is InChI=1S/C35H47N7O6SSi/c1-50(2,3)19-18-48-25-42-32(21-31-33(36-24-37-34(31)42)40-14-16-47-17-15-40)27-9-11-28(12-10-27)39-49(45,46)23-26-6-4-8-30(20-26)41-13-5-7-29(22-41)38-35(43)44/h4,6,8-12,20-21,24,29,38-39H,5,7,13-19,22-23,25H2,1-3H3,(H,43,44). The van der Waals surface area contributed by atoms with Crippen LogP contribution in [0.2, 0.25) is 25.7 Å². The molecule has 0 radical (unpaired) electrons. The monoisotopic (exact) mass is 721 g/mol. The van der Waals surface area contributed by atoms with Crippen LogP contribution in [0.1, 0.15) is 18.4 Å². The normalized spacial score (nSPS) is 17.2. The predicted octanol–water partition coefficient (Wildman–Crippen LogP) is 5.43. The van der Waals surface area contributed by atoms with E-state index in [4.69, 9.17) is 14.6 Å². The van der Waals surface area contributed by atoms with E-state index in [-0.39, 0.29) is 11.8 Å². The first-order valence-electron chi connectivity index (χ1n) is 17.1. The van der Waals surface area contributed by atoms with Crippen molar-refractivity contribution in [1.82, 2.24) is 19.9 Å². The van der Waals surface area contributed by atoms with E-state index in [1.54, 1.807) is 24.5 Å². The number of carbonyl (C=O) groups is 1. The van der Waals surface area contributed by atoms with Crippen molar-refractivity contribution in [2.75, 3.05) is 60.5 Å². The highest BCUT2D eigenvalue weighted by molar-refractivity contribution is 7.91. The fourth-order valence-electron chi connectivity index (χ4n) is 6.47. The number of morpholine rings is 1. The summed E-state index contributed by atoms with van der Waals surface area (Å²) in [5, 5.41) is 12.6. The number of anilines is 3. The molecule has 0 aliphatic carbocycles. The molecule has 0 spiro atoms. The zero-order valence-electron chi connectivity index (χ0n) is 29.0. The van der Waals surface area contributed by atoms with E-state index >= 15 is 0 Å². The Kier molecular flexibility index (Phi) is 11.0. The topological polar surface area (TPSA) is 151 Å². The van der Waals surface area contributed by atoms with Crippen LogP contribution in [-0.4, -0.2) is 94.3 Å². The minimum atomic E-state index is -3.73. The first-order chi connectivity index (χ1) is 23.9. The highest BCUT2D eigenvalue weighted by Gasteiger charge is 2.23. The summed E-state index contributed by atoms with van der Waals surface area (Å²) >= 11 is 0. The number of piperidine rings is 1. The number of rotatable bonds is 13. The summed E-state index contributed by atoms with van der Waals surface area (Å²) in [6.07, 6.45) is 2.19. The number of hydrogen-bond acceptors (Lipinski definition) is 9. The molecule has 0 bridgehead atoms. The van der Waals surface area contributed by atoms with Crippen LogP contribution < -0.4 is 19.8 Å². The van der Waals surface area contributed by atoms with Gasteiger partial charge in [0.2, 0.25) is 10.0 Å². The molecule has 3 N–H and O–H groups in total. The molecule has 50 heavy (non-hydrogen) atoms. The molecule has 2 aliphatic rings. The third-order valence-corrected chi connectivity index (χ3v) is 12.0. The Bertz CT molecular complexity index is 1890. The molecule has 1 unspecified atom stereocenters. The molecule has 6 rings (SSSR count). The van der Waals surface area contributed by atoms with Crippen LogP contribution in [0.3, 0.4) is 0 Å². The van der Waals surface area contributed by atoms with Crippen molar-refractivity contribution in [3.63, 3.8) is 0 Å². The summed E-state index contributed by atoms with van der Waals surface area (Å²) in [4.78, 5) is 24.8. The third kappa shape index (κ3) is 9.13. The highest BCUT2D eigenvalue weighted by Crippen LogP contribution is 2.33. The summed E-state index contributed by atoms with van der Waals surface area (Å²) in [5.74, 6) is 0.671. The van der Waals surface area contributed by atoms with E-state index < -0.39 is 24.2 Å².